The Kier molecular flexibility index (Phi) is 4.02. The van der Waals surface area contributed by atoms with Gasteiger partial charge < -0.3 is 9.64 Å². The monoisotopic (exact) mass is 277 g/mol. The zero-order chi connectivity index (χ0) is 14.7. The molecule has 2 rings (SSSR count). The molecule has 1 aromatic carbocycles. The van der Waals surface area contributed by atoms with Crippen LogP contribution in [0.5, 0.6) is 5.75 Å². The first-order valence-corrected chi connectivity index (χ1v) is 6.08. The molecule has 0 atom stereocenters. The topological polar surface area (TPSA) is 47.4 Å². The highest BCUT2D eigenvalue weighted by molar-refractivity contribution is 5.96. The van der Waals surface area contributed by atoms with Gasteiger partial charge in [0.15, 0.2) is 0 Å². The minimum Gasteiger partial charge on any atom is -0.496 e. The fraction of sp³-hybridized carbons (Fsp3) is 0.286. The Morgan fingerprint density at radius 2 is 2.25 bits per heavy atom. The van der Waals surface area contributed by atoms with Crippen molar-refractivity contribution in [2.24, 2.45) is 7.05 Å². The van der Waals surface area contributed by atoms with Crippen LogP contribution in [0.15, 0.2) is 30.6 Å². The third kappa shape index (κ3) is 2.96. The molecule has 1 aromatic heterocycles. The first-order chi connectivity index (χ1) is 9.51. The summed E-state index contributed by atoms with van der Waals surface area (Å²) in [5.74, 6) is -0.413. The lowest BCUT2D eigenvalue weighted by Gasteiger charge is -2.18. The van der Waals surface area contributed by atoms with Gasteiger partial charge in [-0.3, -0.25) is 9.48 Å². The smallest absolute Gasteiger partial charge is 0.257 e. The summed E-state index contributed by atoms with van der Waals surface area (Å²) < 4.78 is 20.1. The van der Waals surface area contributed by atoms with Crippen molar-refractivity contribution in [3.05, 3.63) is 47.5 Å². The van der Waals surface area contributed by atoms with Crippen LogP contribution >= 0.6 is 0 Å². The largest absolute Gasteiger partial charge is 0.496 e. The second-order valence-corrected chi connectivity index (χ2v) is 4.53. The van der Waals surface area contributed by atoms with E-state index in [1.807, 2.05) is 6.20 Å². The highest BCUT2D eigenvalue weighted by Crippen LogP contribution is 2.21. The second-order valence-electron chi connectivity index (χ2n) is 4.53. The van der Waals surface area contributed by atoms with Crippen LogP contribution in [-0.4, -0.2) is 34.7 Å². The lowest BCUT2D eigenvalue weighted by molar-refractivity contribution is 0.0781. The molecule has 0 unspecified atom stereocenters. The van der Waals surface area contributed by atoms with Crippen LogP contribution in [0.25, 0.3) is 0 Å². The van der Waals surface area contributed by atoms with E-state index < -0.39 is 5.82 Å². The van der Waals surface area contributed by atoms with Gasteiger partial charge in [0.1, 0.15) is 11.6 Å². The van der Waals surface area contributed by atoms with E-state index in [0.29, 0.717) is 12.3 Å². The molecule has 106 valence electrons. The van der Waals surface area contributed by atoms with Crippen molar-refractivity contribution in [1.29, 1.82) is 0 Å². The summed E-state index contributed by atoms with van der Waals surface area (Å²) in [6.07, 6.45) is 3.51. The Hall–Kier alpha value is -2.37. The molecule has 0 aliphatic rings. The van der Waals surface area contributed by atoms with Gasteiger partial charge in [0, 0.05) is 32.4 Å². The van der Waals surface area contributed by atoms with E-state index in [1.165, 1.54) is 30.2 Å². The molecule has 0 aliphatic heterocycles. The molecule has 0 radical (unpaired) electrons. The maximum atomic E-state index is 13.3. The fourth-order valence-electron chi connectivity index (χ4n) is 1.95. The Bertz CT molecular complexity index is 625. The lowest BCUT2D eigenvalue weighted by atomic mass is 10.1. The summed E-state index contributed by atoms with van der Waals surface area (Å²) >= 11 is 0. The first kappa shape index (κ1) is 14.0. The molecule has 0 saturated carbocycles. The van der Waals surface area contributed by atoms with Crippen molar-refractivity contribution in [2.45, 2.75) is 6.54 Å². The van der Waals surface area contributed by atoms with Gasteiger partial charge in [0.2, 0.25) is 0 Å². The second kappa shape index (κ2) is 5.73. The Morgan fingerprint density at radius 3 is 2.85 bits per heavy atom. The lowest BCUT2D eigenvalue weighted by Crippen LogP contribution is -2.26. The number of hydrogen-bond acceptors (Lipinski definition) is 3. The van der Waals surface area contributed by atoms with E-state index in [1.54, 1.807) is 25.0 Å². The number of halogens is 1. The third-order valence-electron chi connectivity index (χ3n) is 2.92. The predicted molar refractivity (Wildman–Crippen MR) is 72.0 cm³/mol. The highest BCUT2D eigenvalue weighted by Gasteiger charge is 2.18. The van der Waals surface area contributed by atoms with Gasteiger partial charge in [-0.05, 0) is 18.2 Å². The van der Waals surface area contributed by atoms with Gasteiger partial charge in [0.25, 0.3) is 5.91 Å². The molecule has 0 aliphatic carbocycles. The van der Waals surface area contributed by atoms with Crippen LogP contribution in [-0.2, 0) is 13.6 Å². The quantitative estimate of drug-likeness (QED) is 0.856. The normalized spacial score (nSPS) is 10.4. The fourth-order valence-corrected chi connectivity index (χ4v) is 1.95. The number of benzene rings is 1. The summed E-state index contributed by atoms with van der Waals surface area (Å²) in [6, 6.07) is 3.89. The number of amides is 1. The molecule has 6 heteroatoms. The van der Waals surface area contributed by atoms with E-state index >= 15 is 0 Å². The highest BCUT2D eigenvalue weighted by atomic mass is 19.1. The number of carbonyl (C=O) groups is 1. The average Bonchev–Trinajstić information content (AvgIpc) is 2.83. The predicted octanol–water partition coefficient (Wildman–Crippen LogP) is 1.84. The van der Waals surface area contributed by atoms with E-state index in [-0.39, 0.29) is 11.5 Å². The van der Waals surface area contributed by atoms with Crippen LogP contribution in [0.2, 0.25) is 0 Å². The van der Waals surface area contributed by atoms with Crippen molar-refractivity contribution in [1.82, 2.24) is 14.7 Å². The van der Waals surface area contributed by atoms with Gasteiger partial charge in [0.05, 0.1) is 18.9 Å². The Balaban J connectivity index is 2.20. The summed E-state index contributed by atoms with van der Waals surface area (Å²) in [4.78, 5) is 13.8. The van der Waals surface area contributed by atoms with Crippen LogP contribution in [0, 0.1) is 5.82 Å². The zero-order valence-electron chi connectivity index (χ0n) is 11.6. The molecule has 0 saturated heterocycles. The molecule has 1 amide bonds. The molecule has 1 heterocycles. The van der Waals surface area contributed by atoms with E-state index in [4.69, 9.17) is 4.74 Å². The standard InChI is InChI=1S/C14H16FN3O2/c1-17(8-10-7-16-18(2)9-10)14(19)12-6-11(15)4-5-13(12)20-3/h4-7,9H,8H2,1-3H3. The maximum Gasteiger partial charge on any atom is 0.257 e. The van der Waals surface area contributed by atoms with Gasteiger partial charge >= 0.3 is 0 Å². The van der Waals surface area contributed by atoms with Crippen molar-refractivity contribution in [3.8, 4) is 5.75 Å². The third-order valence-corrected chi connectivity index (χ3v) is 2.92. The SMILES string of the molecule is COc1ccc(F)cc1C(=O)N(C)Cc1cnn(C)c1. The Labute approximate surface area is 116 Å². The molecule has 0 spiro atoms. The molecule has 5 nitrogen and oxygen atoms in total. The number of hydrogen-bond donors (Lipinski definition) is 0. The number of nitrogens with zero attached hydrogens (tertiary/aromatic N) is 3. The molecular formula is C14H16FN3O2. The number of ether oxygens (including phenoxy) is 1. The number of carbonyl (C=O) groups excluding carboxylic acids is 1. The minimum absolute atomic E-state index is 0.207. The summed E-state index contributed by atoms with van der Waals surface area (Å²) in [6.45, 7) is 0.395. The average molecular weight is 277 g/mol. The zero-order valence-corrected chi connectivity index (χ0v) is 11.6. The van der Waals surface area contributed by atoms with Gasteiger partial charge in [-0.15, -0.1) is 0 Å². The van der Waals surface area contributed by atoms with Crippen LogP contribution in [0.1, 0.15) is 15.9 Å². The first-order valence-electron chi connectivity index (χ1n) is 6.08. The van der Waals surface area contributed by atoms with Gasteiger partial charge in [-0.2, -0.15) is 5.10 Å². The summed E-state index contributed by atoms with van der Waals surface area (Å²) in [5, 5.41) is 4.04. The van der Waals surface area contributed by atoms with E-state index in [9.17, 15) is 9.18 Å². The van der Waals surface area contributed by atoms with Crippen molar-refractivity contribution >= 4 is 5.91 Å². The number of rotatable bonds is 4. The number of aromatic nitrogens is 2. The molecule has 0 fully saturated rings. The Morgan fingerprint density at radius 1 is 1.50 bits per heavy atom. The summed E-state index contributed by atoms with van der Waals surface area (Å²) in [5.41, 5.74) is 1.11. The van der Waals surface area contributed by atoms with Gasteiger partial charge in [-0.25, -0.2) is 4.39 Å². The van der Waals surface area contributed by atoms with E-state index in [2.05, 4.69) is 5.10 Å². The molecule has 0 bridgehead atoms. The maximum absolute atomic E-state index is 13.3. The van der Waals surface area contributed by atoms with Crippen LogP contribution in [0.4, 0.5) is 4.39 Å². The van der Waals surface area contributed by atoms with Crippen molar-refractivity contribution < 1.29 is 13.9 Å². The summed E-state index contributed by atoms with van der Waals surface area (Å²) in [7, 11) is 4.91. The van der Waals surface area contributed by atoms with E-state index in [0.717, 1.165) is 5.56 Å². The number of methoxy groups -OCH3 is 1. The van der Waals surface area contributed by atoms with Crippen LogP contribution in [0.3, 0.4) is 0 Å². The van der Waals surface area contributed by atoms with Crippen molar-refractivity contribution in [3.63, 3.8) is 0 Å². The van der Waals surface area contributed by atoms with Crippen LogP contribution < -0.4 is 4.74 Å². The molecule has 2 aromatic rings. The van der Waals surface area contributed by atoms with Crippen molar-refractivity contribution in [2.75, 3.05) is 14.2 Å². The molecular weight excluding hydrogens is 261 g/mol. The number of aryl methyl sites for hydroxylation is 1. The molecule has 20 heavy (non-hydrogen) atoms. The van der Waals surface area contributed by atoms with Gasteiger partial charge in [-0.1, -0.05) is 0 Å². The molecule has 0 N–H and O–H groups in total. The minimum atomic E-state index is -0.469.